The predicted octanol–water partition coefficient (Wildman–Crippen LogP) is 5.95. The van der Waals surface area contributed by atoms with E-state index in [0.717, 1.165) is 19.3 Å². The first-order valence-electron chi connectivity index (χ1n) is 9.12. The Kier molecular flexibility index (Phi) is 4.71. The first-order chi connectivity index (χ1) is 11.7. The average Bonchev–Trinajstić information content (AvgIpc) is 2.75. The molecule has 0 radical (unpaired) electrons. The molecular formula is C23H28N+. The molecule has 0 fully saturated rings. The molecule has 0 saturated carbocycles. The van der Waals surface area contributed by atoms with Crippen LogP contribution >= 0.6 is 0 Å². The molecule has 0 amide bonds. The van der Waals surface area contributed by atoms with E-state index in [-0.39, 0.29) is 5.54 Å². The van der Waals surface area contributed by atoms with Crippen LogP contribution in [0.3, 0.4) is 0 Å². The zero-order chi connectivity index (χ0) is 17.2. The molecule has 1 aliphatic rings. The average molecular weight is 318 g/mol. The largest absolute Gasteiger partial charge is 0.220 e. The van der Waals surface area contributed by atoms with Crippen LogP contribution in [0.2, 0.25) is 0 Å². The molecule has 2 heterocycles. The summed E-state index contributed by atoms with van der Waals surface area (Å²) < 4.78 is 2.52. The van der Waals surface area contributed by atoms with E-state index in [1.165, 1.54) is 34.0 Å². The number of pyridine rings is 1. The van der Waals surface area contributed by atoms with Crippen molar-refractivity contribution in [2.24, 2.45) is 0 Å². The van der Waals surface area contributed by atoms with Crippen LogP contribution in [0.25, 0.3) is 16.3 Å². The Bertz CT molecular complexity index is 819. The summed E-state index contributed by atoms with van der Waals surface area (Å²) in [6.45, 7) is 11.2. The molecule has 1 aliphatic heterocycles. The van der Waals surface area contributed by atoms with Crippen molar-refractivity contribution in [1.29, 1.82) is 0 Å². The third-order valence-electron chi connectivity index (χ3n) is 5.71. The van der Waals surface area contributed by atoms with E-state index in [0.29, 0.717) is 0 Å². The second-order valence-electron chi connectivity index (χ2n) is 6.75. The SMILES string of the molecule is C=C1C(=CC=CC)CCC(CC)(CC)[n+]2ccc3ccccc3c21. The molecule has 24 heavy (non-hydrogen) atoms. The number of nitrogens with zero attached hydrogens (tertiary/aromatic N) is 1. The van der Waals surface area contributed by atoms with Crippen molar-refractivity contribution < 1.29 is 4.57 Å². The topological polar surface area (TPSA) is 3.88 Å². The van der Waals surface area contributed by atoms with Gasteiger partial charge in [0.25, 0.3) is 0 Å². The minimum absolute atomic E-state index is 0.174. The molecule has 0 bridgehead atoms. The Morgan fingerprint density at radius 1 is 1.17 bits per heavy atom. The quantitative estimate of drug-likeness (QED) is 0.615. The van der Waals surface area contributed by atoms with E-state index in [9.17, 15) is 0 Å². The lowest BCUT2D eigenvalue weighted by molar-refractivity contribution is -0.767. The zero-order valence-electron chi connectivity index (χ0n) is 15.2. The van der Waals surface area contributed by atoms with Crippen LogP contribution < -0.4 is 4.57 Å². The third kappa shape index (κ3) is 2.62. The zero-order valence-corrected chi connectivity index (χ0v) is 15.2. The number of benzene rings is 1. The second-order valence-corrected chi connectivity index (χ2v) is 6.75. The number of aromatic nitrogens is 1. The fraction of sp³-hybridized carbons (Fsp3) is 0.348. The molecule has 1 aromatic carbocycles. The molecule has 1 aromatic heterocycles. The second kappa shape index (κ2) is 6.76. The number of rotatable bonds is 3. The lowest BCUT2D eigenvalue weighted by atomic mass is 9.86. The van der Waals surface area contributed by atoms with E-state index in [1.54, 1.807) is 0 Å². The Balaban J connectivity index is 2.35. The van der Waals surface area contributed by atoms with Gasteiger partial charge in [0.15, 0.2) is 11.7 Å². The summed E-state index contributed by atoms with van der Waals surface area (Å²) in [5.74, 6) is 0. The summed E-state index contributed by atoms with van der Waals surface area (Å²) in [4.78, 5) is 0. The van der Waals surface area contributed by atoms with Gasteiger partial charge in [-0.05, 0) is 30.4 Å². The summed E-state index contributed by atoms with van der Waals surface area (Å²) in [5.41, 5.74) is 4.01. The standard InChI is InChI=1S/C23H28N/c1-5-8-11-19-14-16-23(6-2,7-3)24-17-15-20-12-9-10-13-21(20)22(24)18(19)4/h5,8-13,15,17H,4,6-7,14,16H2,1-3H3/q+1. The lowest BCUT2D eigenvalue weighted by Gasteiger charge is -2.26. The van der Waals surface area contributed by atoms with Crippen LogP contribution in [0.15, 0.2) is 66.9 Å². The van der Waals surface area contributed by atoms with Crippen LogP contribution in [0.5, 0.6) is 0 Å². The maximum atomic E-state index is 4.51. The molecule has 0 N–H and O–H groups in total. The fourth-order valence-corrected chi connectivity index (χ4v) is 4.05. The van der Waals surface area contributed by atoms with Crippen LogP contribution in [0.4, 0.5) is 0 Å². The van der Waals surface area contributed by atoms with Crippen LogP contribution in [0.1, 0.15) is 52.1 Å². The van der Waals surface area contributed by atoms with Gasteiger partial charge in [0.1, 0.15) is 0 Å². The van der Waals surface area contributed by atoms with Crippen LogP contribution in [0, 0.1) is 0 Å². The molecule has 3 rings (SSSR count). The van der Waals surface area contributed by atoms with E-state index in [2.05, 4.69) is 86.7 Å². The molecule has 0 aliphatic carbocycles. The predicted molar refractivity (Wildman–Crippen MR) is 104 cm³/mol. The van der Waals surface area contributed by atoms with Gasteiger partial charge in [-0.2, -0.15) is 4.57 Å². The smallest absolute Gasteiger partial charge is 0.192 e. The number of fused-ring (bicyclic) bond motifs is 3. The summed E-state index contributed by atoms with van der Waals surface area (Å²) in [7, 11) is 0. The first-order valence-corrected chi connectivity index (χ1v) is 9.12. The van der Waals surface area contributed by atoms with Gasteiger partial charge in [-0.15, -0.1) is 0 Å². The van der Waals surface area contributed by atoms with Gasteiger partial charge in [-0.1, -0.05) is 56.9 Å². The van der Waals surface area contributed by atoms with Crippen molar-refractivity contribution in [3.8, 4) is 0 Å². The van der Waals surface area contributed by atoms with Gasteiger partial charge < -0.3 is 0 Å². The Morgan fingerprint density at radius 3 is 2.62 bits per heavy atom. The highest BCUT2D eigenvalue weighted by Gasteiger charge is 2.42. The Labute approximate surface area is 146 Å². The molecule has 0 unspecified atom stereocenters. The summed E-state index contributed by atoms with van der Waals surface area (Å²) >= 11 is 0. The molecule has 0 saturated heterocycles. The summed E-state index contributed by atoms with van der Waals surface area (Å²) in [6.07, 6.45) is 13.3. The van der Waals surface area contributed by atoms with Gasteiger partial charge in [0.05, 0.1) is 5.39 Å². The van der Waals surface area contributed by atoms with Gasteiger partial charge in [0, 0.05) is 30.9 Å². The number of allylic oxidation sites excluding steroid dienone is 5. The highest BCUT2D eigenvalue weighted by atomic mass is 15.1. The number of hydrogen-bond acceptors (Lipinski definition) is 0. The van der Waals surface area contributed by atoms with E-state index in [4.69, 9.17) is 0 Å². The van der Waals surface area contributed by atoms with Crippen molar-refractivity contribution in [3.05, 3.63) is 72.6 Å². The van der Waals surface area contributed by atoms with Crippen molar-refractivity contribution >= 4 is 16.3 Å². The summed E-state index contributed by atoms with van der Waals surface area (Å²) in [6, 6.07) is 10.9. The highest BCUT2D eigenvalue weighted by Crippen LogP contribution is 2.38. The van der Waals surface area contributed by atoms with Crippen molar-refractivity contribution in [1.82, 2.24) is 0 Å². The molecular weight excluding hydrogens is 290 g/mol. The van der Waals surface area contributed by atoms with Gasteiger partial charge in [-0.3, -0.25) is 0 Å². The van der Waals surface area contributed by atoms with Crippen LogP contribution in [-0.4, -0.2) is 0 Å². The van der Waals surface area contributed by atoms with E-state index < -0.39 is 0 Å². The maximum absolute atomic E-state index is 4.51. The molecule has 1 heteroatoms. The monoisotopic (exact) mass is 318 g/mol. The van der Waals surface area contributed by atoms with Crippen LogP contribution in [-0.2, 0) is 5.54 Å². The lowest BCUT2D eigenvalue weighted by Crippen LogP contribution is -2.57. The van der Waals surface area contributed by atoms with Crippen molar-refractivity contribution in [2.45, 2.75) is 52.0 Å². The normalized spacial score (nSPS) is 19.0. The molecule has 0 atom stereocenters. The third-order valence-corrected chi connectivity index (χ3v) is 5.71. The minimum Gasteiger partial charge on any atom is -0.192 e. The molecule has 124 valence electrons. The van der Waals surface area contributed by atoms with E-state index in [1.807, 2.05) is 0 Å². The van der Waals surface area contributed by atoms with Gasteiger partial charge >= 0.3 is 0 Å². The molecule has 1 nitrogen and oxygen atoms in total. The highest BCUT2D eigenvalue weighted by molar-refractivity contribution is 5.94. The molecule has 2 aromatic rings. The summed E-state index contributed by atoms with van der Waals surface area (Å²) in [5, 5.41) is 2.60. The molecule has 0 spiro atoms. The Morgan fingerprint density at radius 2 is 1.92 bits per heavy atom. The maximum Gasteiger partial charge on any atom is 0.220 e. The Hall–Kier alpha value is -2.15. The number of hydrogen-bond donors (Lipinski definition) is 0. The van der Waals surface area contributed by atoms with E-state index >= 15 is 0 Å². The first kappa shape index (κ1) is 16.7. The fourth-order valence-electron chi connectivity index (χ4n) is 4.05. The van der Waals surface area contributed by atoms with Crippen molar-refractivity contribution in [2.75, 3.05) is 0 Å². The minimum atomic E-state index is 0.174. The van der Waals surface area contributed by atoms with Gasteiger partial charge in [-0.25, -0.2) is 0 Å². The van der Waals surface area contributed by atoms with Gasteiger partial charge in [0.2, 0.25) is 5.69 Å². The van der Waals surface area contributed by atoms with Crippen molar-refractivity contribution in [3.63, 3.8) is 0 Å².